The number of ether oxygens (including phenoxy) is 1. The fourth-order valence-corrected chi connectivity index (χ4v) is 2.89. The van der Waals surface area contributed by atoms with Gasteiger partial charge in [-0.2, -0.15) is 0 Å². The van der Waals surface area contributed by atoms with Crippen LogP contribution in [0.15, 0.2) is 0 Å². The Morgan fingerprint density at radius 2 is 2.23 bits per heavy atom. The number of aliphatic hydroxyl groups is 1. The minimum atomic E-state index is -0.395. The van der Waals surface area contributed by atoms with Crippen LogP contribution >= 0.6 is 0 Å². The number of rotatable bonds is 1. The monoisotopic (exact) mass is 184 g/mol. The van der Waals surface area contributed by atoms with Gasteiger partial charge in [-0.05, 0) is 25.2 Å². The quantitative estimate of drug-likeness (QED) is 0.675. The molecule has 0 aromatic heterocycles. The molecule has 2 aliphatic rings. The molecule has 1 N–H and O–H groups in total. The lowest BCUT2D eigenvalue weighted by molar-refractivity contribution is -0.0639. The number of hydrogen-bond acceptors (Lipinski definition) is 2. The molecule has 3 atom stereocenters. The zero-order chi connectivity index (χ0) is 9.31. The van der Waals surface area contributed by atoms with Crippen LogP contribution in [0.5, 0.6) is 0 Å². The second kappa shape index (κ2) is 3.58. The van der Waals surface area contributed by atoms with Crippen molar-refractivity contribution in [2.45, 2.75) is 44.6 Å². The first-order valence-corrected chi connectivity index (χ1v) is 5.51. The average molecular weight is 184 g/mol. The van der Waals surface area contributed by atoms with Crippen LogP contribution in [0.3, 0.4) is 0 Å². The zero-order valence-electron chi connectivity index (χ0n) is 8.46. The number of hydrogen-bond donors (Lipinski definition) is 1. The highest BCUT2D eigenvalue weighted by Crippen LogP contribution is 2.40. The fourth-order valence-electron chi connectivity index (χ4n) is 2.89. The van der Waals surface area contributed by atoms with Crippen LogP contribution in [0.2, 0.25) is 0 Å². The maximum atomic E-state index is 10.5. The predicted molar refractivity (Wildman–Crippen MR) is 51.5 cm³/mol. The highest BCUT2D eigenvalue weighted by Gasteiger charge is 2.41. The van der Waals surface area contributed by atoms with E-state index in [2.05, 4.69) is 6.92 Å². The highest BCUT2D eigenvalue weighted by molar-refractivity contribution is 4.92. The Morgan fingerprint density at radius 3 is 2.85 bits per heavy atom. The predicted octanol–water partition coefficient (Wildman–Crippen LogP) is 1.96. The molecular formula is C11H20O2. The lowest BCUT2D eigenvalue weighted by atomic mass is 9.72. The molecule has 2 heteroatoms. The lowest BCUT2D eigenvalue weighted by Gasteiger charge is -2.39. The summed E-state index contributed by atoms with van der Waals surface area (Å²) in [5.41, 5.74) is -0.395. The molecule has 3 unspecified atom stereocenters. The van der Waals surface area contributed by atoms with Crippen LogP contribution in [0.4, 0.5) is 0 Å². The first-order valence-electron chi connectivity index (χ1n) is 5.51. The van der Waals surface area contributed by atoms with Crippen molar-refractivity contribution >= 4 is 0 Å². The molecule has 1 heterocycles. The molecular weight excluding hydrogens is 164 g/mol. The normalized spacial score (nSPS) is 46.6. The minimum Gasteiger partial charge on any atom is -0.390 e. The Hall–Kier alpha value is -0.0800. The highest BCUT2D eigenvalue weighted by atomic mass is 16.5. The third kappa shape index (κ3) is 1.89. The maximum absolute atomic E-state index is 10.5. The van der Waals surface area contributed by atoms with Gasteiger partial charge in [0.25, 0.3) is 0 Å². The first kappa shape index (κ1) is 9.47. The average Bonchev–Trinajstić information content (AvgIpc) is 2.55. The van der Waals surface area contributed by atoms with Crippen LogP contribution < -0.4 is 0 Å². The third-order valence-corrected chi connectivity index (χ3v) is 3.70. The first-order chi connectivity index (χ1) is 6.21. The Labute approximate surface area is 80.3 Å². The SMILES string of the molecule is CC1CCCC(O)(C2CCOC2)C1. The van der Waals surface area contributed by atoms with E-state index < -0.39 is 5.60 Å². The summed E-state index contributed by atoms with van der Waals surface area (Å²) in [6, 6.07) is 0. The van der Waals surface area contributed by atoms with Gasteiger partial charge in [-0.15, -0.1) is 0 Å². The fraction of sp³-hybridized carbons (Fsp3) is 1.00. The van der Waals surface area contributed by atoms with Gasteiger partial charge in [0.15, 0.2) is 0 Å². The van der Waals surface area contributed by atoms with Gasteiger partial charge in [0.2, 0.25) is 0 Å². The van der Waals surface area contributed by atoms with Gasteiger partial charge in [0, 0.05) is 12.5 Å². The molecule has 2 nitrogen and oxygen atoms in total. The molecule has 13 heavy (non-hydrogen) atoms. The van der Waals surface area contributed by atoms with Crippen molar-refractivity contribution in [1.82, 2.24) is 0 Å². The molecule has 0 spiro atoms. The van der Waals surface area contributed by atoms with Gasteiger partial charge in [0.05, 0.1) is 12.2 Å². The van der Waals surface area contributed by atoms with Gasteiger partial charge in [-0.25, -0.2) is 0 Å². The Kier molecular flexibility index (Phi) is 2.61. The molecule has 1 aliphatic carbocycles. The smallest absolute Gasteiger partial charge is 0.0701 e. The molecule has 0 aromatic rings. The summed E-state index contributed by atoms with van der Waals surface area (Å²) in [4.78, 5) is 0. The van der Waals surface area contributed by atoms with Gasteiger partial charge in [-0.1, -0.05) is 19.8 Å². The largest absolute Gasteiger partial charge is 0.390 e. The van der Waals surface area contributed by atoms with E-state index in [0.717, 1.165) is 32.5 Å². The van der Waals surface area contributed by atoms with E-state index in [4.69, 9.17) is 4.74 Å². The molecule has 2 fully saturated rings. The van der Waals surface area contributed by atoms with E-state index in [9.17, 15) is 5.11 Å². The Balaban J connectivity index is 2.00. The summed E-state index contributed by atoms with van der Waals surface area (Å²) in [6.07, 6.45) is 5.51. The summed E-state index contributed by atoms with van der Waals surface area (Å²) >= 11 is 0. The Bertz CT molecular complexity index is 175. The van der Waals surface area contributed by atoms with E-state index in [1.54, 1.807) is 0 Å². The zero-order valence-corrected chi connectivity index (χ0v) is 8.46. The van der Waals surface area contributed by atoms with Crippen LogP contribution in [0.25, 0.3) is 0 Å². The van der Waals surface area contributed by atoms with Crippen molar-refractivity contribution in [3.63, 3.8) is 0 Å². The molecule has 0 amide bonds. The van der Waals surface area contributed by atoms with E-state index >= 15 is 0 Å². The molecule has 76 valence electrons. The topological polar surface area (TPSA) is 29.5 Å². The lowest BCUT2D eigenvalue weighted by Crippen LogP contribution is -2.42. The van der Waals surface area contributed by atoms with E-state index in [1.807, 2.05) is 0 Å². The van der Waals surface area contributed by atoms with Crippen molar-refractivity contribution in [2.24, 2.45) is 11.8 Å². The van der Waals surface area contributed by atoms with E-state index in [1.165, 1.54) is 12.8 Å². The van der Waals surface area contributed by atoms with Crippen molar-refractivity contribution < 1.29 is 9.84 Å². The van der Waals surface area contributed by atoms with Crippen molar-refractivity contribution in [2.75, 3.05) is 13.2 Å². The summed E-state index contributed by atoms with van der Waals surface area (Å²) in [7, 11) is 0. The standard InChI is InChI=1S/C11H20O2/c1-9-3-2-5-11(12,7-9)10-4-6-13-8-10/h9-10,12H,2-8H2,1H3. The molecule has 1 aliphatic heterocycles. The minimum absolute atomic E-state index is 0.395. The van der Waals surface area contributed by atoms with Gasteiger partial charge in [-0.3, -0.25) is 0 Å². The molecule has 0 bridgehead atoms. The van der Waals surface area contributed by atoms with Crippen LogP contribution in [-0.2, 0) is 4.74 Å². The second-order valence-electron chi connectivity index (χ2n) is 4.87. The van der Waals surface area contributed by atoms with Crippen LogP contribution in [0.1, 0.15) is 39.0 Å². The van der Waals surface area contributed by atoms with Gasteiger partial charge >= 0.3 is 0 Å². The van der Waals surface area contributed by atoms with Crippen LogP contribution in [-0.4, -0.2) is 23.9 Å². The van der Waals surface area contributed by atoms with Gasteiger partial charge in [0.1, 0.15) is 0 Å². The second-order valence-corrected chi connectivity index (χ2v) is 4.87. The van der Waals surface area contributed by atoms with Crippen molar-refractivity contribution in [1.29, 1.82) is 0 Å². The van der Waals surface area contributed by atoms with E-state index in [-0.39, 0.29) is 0 Å². The van der Waals surface area contributed by atoms with Crippen molar-refractivity contribution in [3.8, 4) is 0 Å². The Morgan fingerprint density at radius 1 is 1.38 bits per heavy atom. The molecule has 0 radical (unpaired) electrons. The summed E-state index contributed by atoms with van der Waals surface area (Å²) in [6.45, 7) is 3.88. The maximum Gasteiger partial charge on any atom is 0.0701 e. The third-order valence-electron chi connectivity index (χ3n) is 3.70. The summed E-state index contributed by atoms with van der Waals surface area (Å²) < 4.78 is 5.35. The van der Waals surface area contributed by atoms with Crippen LogP contribution in [0, 0.1) is 11.8 Å². The van der Waals surface area contributed by atoms with Crippen molar-refractivity contribution in [3.05, 3.63) is 0 Å². The molecule has 1 saturated carbocycles. The summed E-state index contributed by atoms with van der Waals surface area (Å²) in [5, 5.41) is 10.5. The molecule has 2 rings (SSSR count). The molecule has 1 saturated heterocycles. The molecule has 0 aromatic carbocycles. The van der Waals surface area contributed by atoms with Gasteiger partial charge < -0.3 is 9.84 Å². The van der Waals surface area contributed by atoms with E-state index in [0.29, 0.717) is 11.8 Å². The summed E-state index contributed by atoms with van der Waals surface area (Å²) in [5.74, 6) is 1.11.